The van der Waals surface area contributed by atoms with E-state index in [1.165, 1.54) is 17.0 Å². The standard InChI is InChI=1S/C22H25N3O4S2/c1-29-21-7-3-2-5-18(21)14-25(15-19-6-4-12-30-19)16-22(26)24-13-17-8-10-20(11-9-17)31(23,27)28/h2-12H,13-16H2,1H3,(H,24,26)(H2,23,27,28). The quantitative estimate of drug-likeness (QED) is 0.485. The summed E-state index contributed by atoms with van der Waals surface area (Å²) >= 11 is 1.65. The van der Waals surface area contributed by atoms with E-state index in [0.29, 0.717) is 19.6 Å². The molecule has 0 radical (unpaired) electrons. The molecule has 0 unspecified atom stereocenters. The summed E-state index contributed by atoms with van der Waals surface area (Å²) in [5.74, 6) is 0.663. The highest BCUT2D eigenvalue weighted by atomic mass is 32.2. The Hall–Kier alpha value is -2.72. The number of primary sulfonamides is 1. The van der Waals surface area contributed by atoms with Gasteiger partial charge in [0.25, 0.3) is 0 Å². The molecule has 0 aliphatic carbocycles. The molecule has 3 N–H and O–H groups in total. The maximum atomic E-state index is 12.6. The third kappa shape index (κ3) is 6.90. The minimum Gasteiger partial charge on any atom is -0.496 e. The highest BCUT2D eigenvalue weighted by molar-refractivity contribution is 7.89. The summed E-state index contributed by atoms with van der Waals surface area (Å²) in [7, 11) is -2.10. The zero-order chi connectivity index (χ0) is 22.3. The van der Waals surface area contributed by atoms with Gasteiger partial charge >= 0.3 is 0 Å². The van der Waals surface area contributed by atoms with Crippen LogP contribution in [0.5, 0.6) is 5.75 Å². The third-order valence-electron chi connectivity index (χ3n) is 4.65. The minimum absolute atomic E-state index is 0.0431. The second-order valence-corrected chi connectivity index (χ2v) is 9.60. The summed E-state index contributed by atoms with van der Waals surface area (Å²) in [5.41, 5.74) is 1.79. The van der Waals surface area contributed by atoms with Crippen molar-refractivity contribution in [3.63, 3.8) is 0 Å². The van der Waals surface area contributed by atoms with E-state index in [9.17, 15) is 13.2 Å². The summed E-state index contributed by atoms with van der Waals surface area (Å²) in [6, 6.07) is 17.9. The molecule has 7 nitrogen and oxygen atoms in total. The van der Waals surface area contributed by atoms with Crippen LogP contribution < -0.4 is 15.2 Å². The van der Waals surface area contributed by atoms with E-state index in [1.54, 1.807) is 30.6 Å². The van der Waals surface area contributed by atoms with Crippen molar-refractivity contribution >= 4 is 27.3 Å². The molecule has 0 spiro atoms. The van der Waals surface area contributed by atoms with E-state index in [1.807, 2.05) is 41.8 Å². The van der Waals surface area contributed by atoms with Gasteiger partial charge in [0.1, 0.15) is 5.75 Å². The van der Waals surface area contributed by atoms with E-state index in [0.717, 1.165) is 16.9 Å². The number of nitrogens with one attached hydrogen (secondary N) is 1. The van der Waals surface area contributed by atoms with Crippen LogP contribution in [-0.4, -0.2) is 32.9 Å². The SMILES string of the molecule is COc1ccccc1CN(CC(=O)NCc1ccc(S(N)(=O)=O)cc1)Cc1cccs1. The average molecular weight is 460 g/mol. The van der Waals surface area contributed by atoms with Gasteiger partial charge in [0.2, 0.25) is 15.9 Å². The van der Waals surface area contributed by atoms with Crippen LogP contribution >= 0.6 is 11.3 Å². The Morgan fingerprint density at radius 2 is 1.81 bits per heavy atom. The molecule has 0 aliphatic rings. The van der Waals surface area contributed by atoms with E-state index < -0.39 is 10.0 Å². The van der Waals surface area contributed by atoms with E-state index >= 15 is 0 Å². The van der Waals surface area contributed by atoms with Crippen molar-refractivity contribution in [2.24, 2.45) is 5.14 Å². The van der Waals surface area contributed by atoms with Gasteiger partial charge in [0, 0.05) is 30.1 Å². The van der Waals surface area contributed by atoms with Crippen molar-refractivity contribution in [2.45, 2.75) is 24.5 Å². The van der Waals surface area contributed by atoms with Gasteiger partial charge in [0.15, 0.2) is 0 Å². The molecule has 1 heterocycles. The Labute approximate surface area is 186 Å². The molecule has 0 atom stereocenters. The Balaban J connectivity index is 1.63. The molecule has 0 fully saturated rings. The van der Waals surface area contributed by atoms with Gasteiger partial charge in [-0.3, -0.25) is 9.69 Å². The van der Waals surface area contributed by atoms with Gasteiger partial charge in [-0.2, -0.15) is 0 Å². The number of para-hydroxylation sites is 1. The number of carbonyl (C=O) groups excluding carboxylic acids is 1. The summed E-state index contributed by atoms with van der Waals surface area (Å²) in [4.78, 5) is 15.9. The van der Waals surface area contributed by atoms with Crippen molar-refractivity contribution in [2.75, 3.05) is 13.7 Å². The Morgan fingerprint density at radius 1 is 1.06 bits per heavy atom. The lowest BCUT2D eigenvalue weighted by atomic mass is 10.2. The molecule has 9 heteroatoms. The predicted molar refractivity (Wildman–Crippen MR) is 121 cm³/mol. The normalized spacial score (nSPS) is 11.5. The van der Waals surface area contributed by atoms with Gasteiger partial charge in [-0.1, -0.05) is 36.4 Å². The van der Waals surface area contributed by atoms with Gasteiger partial charge in [-0.15, -0.1) is 11.3 Å². The molecule has 3 aromatic rings. The molecule has 1 amide bonds. The highest BCUT2D eigenvalue weighted by Gasteiger charge is 2.15. The number of amides is 1. The number of nitrogens with two attached hydrogens (primary N) is 1. The molecule has 31 heavy (non-hydrogen) atoms. The van der Waals surface area contributed by atoms with Gasteiger partial charge < -0.3 is 10.1 Å². The molecule has 1 aromatic heterocycles. The molecule has 164 valence electrons. The number of ether oxygens (including phenoxy) is 1. The number of thiophene rings is 1. The maximum absolute atomic E-state index is 12.6. The van der Waals surface area contributed by atoms with Crippen LogP contribution in [-0.2, 0) is 34.5 Å². The van der Waals surface area contributed by atoms with Crippen LogP contribution in [0.3, 0.4) is 0 Å². The summed E-state index contributed by atoms with van der Waals surface area (Å²) in [6.45, 7) is 1.72. The van der Waals surface area contributed by atoms with Crippen LogP contribution in [0.15, 0.2) is 70.9 Å². The lowest BCUT2D eigenvalue weighted by molar-refractivity contribution is -0.122. The molecule has 0 aliphatic heterocycles. The highest BCUT2D eigenvalue weighted by Crippen LogP contribution is 2.21. The number of benzene rings is 2. The Bertz CT molecular complexity index is 1100. The summed E-state index contributed by atoms with van der Waals surface area (Å²) in [5, 5.41) is 10.0. The zero-order valence-electron chi connectivity index (χ0n) is 17.2. The minimum atomic E-state index is -3.73. The largest absolute Gasteiger partial charge is 0.496 e. The smallest absolute Gasteiger partial charge is 0.238 e. The Morgan fingerprint density at radius 3 is 2.45 bits per heavy atom. The van der Waals surface area contributed by atoms with Crippen molar-refractivity contribution in [1.82, 2.24) is 10.2 Å². The monoisotopic (exact) mass is 459 g/mol. The molecule has 2 aromatic carbocycles. The number of methoxy groups -OCH3 is 1. The lowest BCUT2D eigenvalue weighted by Gasteiger charge is -2.22. The third-order valence-corrected chi connectivity index (χ3v) is 6.45. The second-order valence-electron chi connectivity index (χ2n) is 7.00. The first-order valence-corrected chi connectivity index (χ1v) is 12.0. The predicted octanol–water partition coefficient (Wildman–Crippen LogP) is 2.72. The number of hydrogen-bond donors (Lipinski definition) is 2. The number of sulfonamides is 1. The van der Waals surface area contributed by atoms with Gasteiger partial charge in [0.05, 0.1) is 18.6 Å². The second kappa shape index (κ2) is 10.5. The average Bonchev–Trinajstić information content (AvgIpc) is 3.25. The van der Waals surface area contributed by atoms with E-state index in [4.69, 9.17) is 9.88 Å². The number of nitrogens with zero attached hydrogens (tertiary/aromatic N) is 1. The lowest BCUT2D eigenvalue weighted by Crippen LogP contribution is -2.36. The number of rotatable bonds is 10. The molecule has 0 saturated heterocycles. The van der Waals surface area contributed by atoms with Crippen LogP contribution in [0.2, 0.25) is 0 Å². The fraction of sp³-hybridized carbons (Fsp3) is 0.227. The van der Waals surface area contributed by atoms with Crippen LogP contribution in [0, 0.1) is 0 Å². The fourth-order valence-corrected chi connectivity index (χ4v) is 4.38. The van der Waals surface area contributed by atoms with Crippen molar-refractivity contribution in [3.05, 3.63) is 82.0 Å². The first-order valence-electron chi connectivity index (χ1n) is 9.60. The summed E-state index contributed by atoms with van der Waals surface area (Å²) < 4.78 is 28.2. The topological polar surface area (TPSA) is 102 Å². The van der Waals surface area contributed by atoms with Crippen molar-refractivity contribution in [1.29, 1.82) is 0 Å². The first-order chi connectivity index (χ1) is 14.8. The first kappa shape index (κ1) is 23.0. The molecule has 0 saturated carbocycles. The molecular formula is C22H25N3O4S2. The van der Waals surface area contributed by atoms with Crippen LogP contribution in [0.4, 0.5) is 0 Å². The van der Waals surface area contributed by atoms with Gasteiger partial charge in [-0.05, 0) is 35.2 Å². The number of carbonyl (C=O) groups is 1. The van der Waals surface area contributed by atoms with E-state index in [2.05, 4.69) is 10.2 Å². The van der Waals surface area contributed by atoms with Gasteiger partial charge in [-0.25, -0.2) is 13.6 Å². The zero-order valence-corrected chi connectivity index (χ0v) is 18.8. The van der Waals surface area contributed by atoms with Crippen LogP contribution in [0.25, 0.3) is 0 Å². The maximum Gasteiger partial charge on any atom is 0.238 e. The molecule has 3 rings (SSSR count). The summed E-state index contributed by atoms with van der Waals surface area (Å²) in [6.07, 6.45) is 0. The van der Waals surface area contributed by atoms with Crippen molar-refractivity contribution < 1.29 is 17.9 Å². The fourth-order valence-electron chi connectivity index (χ4n) is 3.12. The number of hydrogen-bond acceptors (Lipinski definition) is 6. The van der Waals surface area contributed by atoms with E-state index in [-0.39, 0.29) is 17.3 Å². The van der Waals surface area contributed by atoms with Crippen molar-refractivity contribution in [3.8, 4) is 5.75 Å². The molecular weight excluding hydrogens is 434 g/mol. The van der Waals surface area contributed by atoms with Crippen LogP contribution in [0.1, 0.15) is 16.0 Å². The Kier molecular flexibility index (Phi) is 7.80. The molecule has 0 bridgehead atoms.